The van der Waals surface area contributed by atoms with Gasteiger partial charge in [-0.15, -0.1) is 5.06 Å². The van der Waals surface area contributed by atoms with Gasteiger partial charge >= 0.3 is 13.6 Å². The van der Waals surface area contributed by atoms with Gasteiger partial charge in [0.25, 0.3) is 11.8 Å². The summed E-state index contributed by atoms with van der Waals surface area (Å²) >= 11 is 0. The number of hydrogen-bond donors (Lipinski definition) is 2. The van der Waals surface area contributed by atoms with Crippen molar-refractivity contribution in [1.29, 1.82) is 0 Å². The lowest BCUT2D eigenvalue weighted by molar-refractivity contribution is -0.197. The summed E-state index contributed by atoms with van der Waals surface area (Å²) in [5.41, 5.74) is 0.747. The van der Waals surface area contributed by atoms with Crippen LogP contribution in [0.15, 0.2) is 91.0 Å². The van der Waals surface area contributed by atoms with Gasteiger partial charge < -0.3 is 24.5 Å². The Morgan fingerprint density at radius 1 is 0.773 bits per heavy atom. The SMILES string of the molecule is C[C@H](NC(=O)CCC(=O)ON1C(=O)CCC1=O)C(=O)NC(Cc1ccccc1)P(=O)(Oc1ccccc1)Oc1ccccc1. The lowest BCUT2D eigenvalue weighted by atomic mass is 10.1. The molecule has 1 saturated heterocycles. The Labute approximate surface area is 254 Å². The molecule has 44 heavy (non-hydrogen) atoms. The Morgan fingerprint density at radius 2 is 1.27 bits per heavy atom. The third kappa shape index (κ3) is 9.02. The number of rotatable bonds is 14. The van der Waals surface area contributed by atoms with Gasteiger partial charge in [0.2, 0.25) is 11.8 Å². The quantitative estimate of drug-likeness (QED) is 0.201. The van der Waals surface area contributed by atoms with E-state index in [1.54, 1.807) is 72.8 Å². The molecule has 0 aliphatic carbocycles. The first kappa shape index (κ1) is 32.0. The van der Waals surface area contributed by atoms with Crippen LogP contribution in [0.2, 0.25) is 0 Å². The van der Waals surface area contributed by atoms with Crippen LogP contribution in [0.1, 0.15) is 38.2 Å². The van der Waals surface area contributed by atoms with E-state index in [4.69, 9.17) is 13.9 Å². The summed E-state index contributed by atoms with van der Waals surface area (Å²) in [5.74, 6) is -4.19. The Kier molecular flexibility index (Phi) is 10.9. The van der Waals surface area contributed by atoms with Gasteiger partial charge in [-0.3, -0.25) is 19.2 Å². The van der Waals surface area contributed by atoms with Crippen LogP contribution in [0.5, 0.6) is 11.5 Å². The molecule has 2 N–H and O–H groups in total. The predicted molar refractivity (Wildman–Crippen MR) is 158 cm³/mol. The first-order valence-electron chi connectivity index (χ1n) is 13.9. The van der Waals surface area contributed by atoms with E-state index in [1.807, 2.05) is 18.2 Å². The third-order valence-electron chi connectivity index (χ3n) is 6.44. The Hall–Kier alpha value is -4.96. The van der Waals surface area contributed by atoms with Crippen LogP contribution in [0.3, 0.4) is 0 Å². The molecule has 1 aliphatic rings. The minimum atomic E-state index is -4.18. The van der Waals surface area contributed by atoms with Gasteiger partial charge in [0.05, 0.1) is 6.42 Å². The summed E-state index contributed by atoms with van der Waals surface area (Å²) < 4.78 is 26.5. The first-order chi connectivity index (χ1) is 21.1. The molecule has 1 fully saturated rings. The molecular formula is C31H32N3O9P. The molecular weight excluding hydrogens is 589 g/mol. The van der Waals surface area contributed by atoms with Crippen molar-refractivity contribution in [1.82, 2.24) is 15.7 Å². The van der Waals surface area contributed by atoms with Crippen molar-refractivity contribution in [2.75, 3.05) is 0 Å². The second kappa shape index (κ2) is 15.0. The number of imide groups is 1. The largest absolute Gasteiger partial charge is 0.453 e. The van der Waals surface area contributed by atoms with Gasteiger partial charge in [0.1, 0.15) is 17.5 Å². The van der Waals surface area contributed by atoms with E-state index in [0.29, 0.717) is 5.06 Å². The second-order valence-corrected chi connectivity index (χ2v) is 12.0. The summed E-state index contributed by atoms with van der Waals surface area (Å²) in [6, 6.07) is 24.8. The monoisotopic (exact) mass is 621 g/mol. The molecule has 1 unspecified atom stereocenters. The van der Waals surface area contributed by atoms with E-state index in [0.717, 1.165) is 5.56 Å². The zero-order valence-corrected chi connectivity index (χ0v) is 24.8. The minimum absolute atomic E-state index is 0.0514. The average molecular weight is 622 g/mol. The van der Waals surface area contributed by atoms with Gasteiger partial charge in [0.15, 0.2) is 5.78 Å². The number of benzene rings is 3. The molecule has 0 spiro atoms. The van der Waals surface area contributed by atoms with Crippen molar-refractivity contribution in [3.8, 4) is 11.5 Å². The van der Waals surface area contributed by atoms with Crippen LogP contribution in [-0.2, 0) is 39.8 Å². The molecule has 1 aliphatic heterocycles. The molecule has 4 amide bonds. The molecule has 3 aromatic carbocycles. The Bertz CT molecular complexity index is 1460. The molecule has 0 bridgehead atoms. The van der Waals surface area contributed by atoms with Gasteiger partial charge in [-0.05, 0) is 36.8 Å². The molecule has 1 heterocycles. The van der Waals surface area contributed by atoms with E-state index in [1.165, 1.54) is 6.92 Å². The Balaban J connectivity index is 1.46. The molecule has 4 rings (SSSR count). The molecule has 2 atom stereocenters. The fourth-order valence-corrected chi connectivity index (χ4v) is 6.01. The van der Waals surface area contributed by atoms with Gasteiger partial charge in [-0.1, -0.05) is 66.7 Å². The molecule has 12 nitrogen and oxygen atoms in total. The summed E-state index contributed by atoms with van der Waals surface area (Å²) in [6.07, 6.45) is -0.829. The summed E-state index contributed by atoms with van der Waals surface area (Å²) in [5, 5.41) is 5.62. The average Bonchev–Trinajstić information content (AvgIpc) is 3.33. The first-order valence-corrected chi connectivity index (χ1v) is 15.5. The maximum atomic E-state index is 14.6. The summed E-state index contributed by atoms with van der Waals surface area (Å²) in [7, 11) is -4.18. The highest BCUT2D eigenvalue weighted by molar-refractivity contribution is 7.55. The topological polar surface area (TPSA) is 157 Å². The van der Waals surface area contributed by atoms with Gasteiger partial charge in [0, 0.05) is 25.7 Å². The maximum absolute atomic E-state index is 14.6. The molecule has 230 valence electrons. The minimum Gasteiger partial charge on any atom is -0.415 e. The van der Waals surface area contributed by atoms with Gasteiger partial charge in [-0.2, -0.15) is 0 Å². The zero-order valence-electron chi connectivity index (χ0n) is 23.9. The second-order valence-electron chi connectivity index (χ2n) is 9.90. The van der Waals surface area contributed by atoms with E-state index in [9.17, 15) is 28.5 Å². The number of nitrogens with one attached hydrogen (secondary N) is 2. The standard InChI is InChI=1S/C31H32N3O9P/c1-22(32-26(35)17-20-30(38)41-34-28(36)18-19-29(34)37)31(39)33-27(21-23-11-5-2-6-12-23)44(40,42-24-13-7-3-8-14-24)43-25-15-9-4-10-16-25/h2-16,22,27H,17-21H2,1H3,(H,32,35)(H,33,39)/t22-,27?/m0/s1. The summed E-state index contributed by atoms with van der Waals surface area (Å²) in [4.78, 5) is 65.9. The van der Waals surface area contributed by atoms with Crippen LogP contribution >= 0.6 is 7.60 Å². The number of para-hydroxylation sites is 2. The van der Waals surface area contributed by atoms with Crippen LogP contribution in [0.25, 0.3) is 0 Å². The highest BCUT2D eigenvalue weighted by atomic mass is 31.2. The van der Waals surface area contributed by atoms with Crippen molar-refractivity contribution in [3.05, 3.63) is 96.6 Å². The number of nitrogens with zero attached hydrogens (tertiary/aromatic N) is 1. The van der Waals surface area contributed by atoms with Crippen molar-refractivity contribution in [2.24, 2.45) is 0 Å². The lowest BCUT2D eigenvalue weighted by Gasteiger charge is -2.29. The zero-order chi connectivity index (χ0) is 31.5. The van der Waals surface area contributed by atoms with E-state index in [2.05, 4.69) is 10.6 Å². The number of carbonyl (C=O) groups excluding carboxylic acids is 5. The van der Waals surface area contributed by atoms with Crippen molar-refractivity contribution in [2.45, 2.75) is 50.9 Å². The van der Waals surface area contributed by atoms with Crippen molar-refractivity contribution >= 4 is 37.2 Å². The van der Waals surface area contributed by atoms with E-state index < -0.39 is 55.4 Å². The summed E-state index contributed by atoms with van der Waals surface area (Å²) in [6.45, 7) is 1.42. The highest BCUT2D eigenvalue weighted by Crippen LogP contribution is 2.53. The van der Waals surface area contributed by atoms with Crippen LogP contribution < -0.4 is 19.7 Å². The number of carbonyl (C=O) groups is 5. The fourth-order valence-electron chi connectivity index (χ4n) is 4.17. The van der Waals surface area contributed by atoms with Gasteiger partial charge in [-0.25, -0.2) is 9.36 Å². The van der Waals surface area contributed by atoms with Crippen molar-refractivity contribution in [3.63, 3.8) is 0 Å². The fraction of sp³-hybridized carbons (Fsp3) is 0.258. The molecule has 0 saturated carbocycles. The van der Waals surface area contributed by atoms with Crippen LogP contribution in [0, 0.1) is 0 Å². The molecule has 3 aromatic rings. The number of hydroxylamine groups is 2. The predicted octanol–water partition coefficient (Wildman–Crippen LogP) is 3.91. The van der Waals surface area contributed by atoms with Crippen molar-refractivity contribution < 1.29 is 42.4 Å². The number of hydrogen-bond acceptors (Lipinski definition) is 9. The molecule has 13 heteroatoms. The van der Waals surface area contributed by atoms with E-state index in [-0.39, 0.29) is 37.2 Å². The Morgan fingerprint density at radius 3 is 1.80 bits per heavy atom. The smallest absolute Gasteiger partial charge is 0.415 e. The van der Waals surface area contributed by atoms with Crippen LogP contribution in [-0.4, -0.2) is 46.5 Å². The normalized spacial score (nSPS) is 14.3. The molecule has 0 radical (unpaired) electrons. The van der Waals surface area contributed by atoms with Crippen LogP contribution in [0.4, 0.5) is 0 Å². The number of amides is 4. The molecule has 0 aromatic heterocycles. The maximum Gasteiger partial charge on any atom is 0.453 e. The highest BCUT2D eigenvalue weighted by Gasteiger charge is 2.41. The van der Waals surface area contributed by atoms with E-state index >= 15 is 0 Å². The third-order valence-corrected chi connectivity index (χ3v) is 8.45. The lowest BCUT2D eigenvalue weighted by Crippen LogP contribution is -2.49.